The lowest BCUT2D eigenvalue weighted by molar-refractivity contribution is 0.526. The van der Waals surface area contributed by atoms with Crippen molar-refractivity contribution >= 4 is 49.9 Å². The Bertz CT molecular complexity index is 2060. The van der Waals surface area contributed by atoms with Crippen molar-refractivity contribution in [3.63, 3.8) is 0 Å². The summed E-state index contributed by atoms with van der Waals surface area (Å²) in [4.78, 5) is 5.05. The Morgan fingerprint density at radius 1 is 0.391 bits per heavy atom. The van der Waals surface area contributed by atoms with Gasteiger partial charge in [0.05, 0.1) is 0 Å². The molecule has 220 valence electrons. The van der Waals surface area contributed by atoms with Crippen LogP contribution in [0.3, 0.4) is 0 Å². The maximum Gasteiger partial charge on any atom is 0.145 e. The van der Waals surface area contributed by atoms with Crippen molar-refractivity contribution in [1.29, 1.82) is 0 Å². The van der Waals surface area contributed by atoms with E-state index >= 15 is 0 Å². The summed E-state index contributed by atoms with van der Waals surface area (Å²) in [5, 5.41) is 4.89. The molecule has 0 fully saturated rings. The van der Waals surface area contributed by atoms with E-state index in [4.69, 9.17) is 0 Å². The third kappa shape index (κ3) is 5.04. The van der Waals surface area contributed by atoms with Gasteiger partial charge in [-0.2, -0.15) is 0 Å². The van der Waals surface area contributed by atoms with Gasteiger partial charge in [0.1, 0.15) is 5.66 Å². The molecule has 1 aliphatic rings. The van der Waals surface area contributed by atoms with Gasteiger partial charge < -0.3 is 9.80 Å². The van der Waals surface area contributed by atoms with Crippen LogP contribution in [0.2, 0.25) is 0 Å². The molecule has 2 nitrogen and oxygen atoms in total. The summed E-state index contributed by atoms with van der Waals surface area (Å²) in [5.74, 6) is 0. The van der Waals surface area contributed by atoms with Crippen molar-refractivity contribution in [1.82, 2.24) is 0 Å². The number of rotatable bonds is 7. The molecule has 0 spiro atoms. The summed E-state index contributed by atoms with van der Waals surface area (Å²) < 4.78 is 0. The van der Waals surface area contributed by atoms with Gasteiger partial charge in [0.15, 0.2) is 0 Å². The van der Waals surface area contributed by atoms with E-state index in [0.717, 1.165) is 29.2 Å². The summed E-state index contributed by atoms with van der Waals surface area (Å²) in [6.07, 6.45) is 7.88. The zero-order valence-electron chi connectivity index (χ0n) is 25.6. The fraction of sp³-hybridized carbons (Fsp3) is 0.0455. The Labute approximate surface area is 270 Å². The summed E-state index contributed by atoms with van der Waals surface area (Å²) >= 11 is 0. The molecular weight excluding hydrogens is 556 g/mol. The summed E-state index contributed by atoms with van der Waals surface area (Å²) in [6, 6.07) is 63.3. The topological polar surface area (TPSA) is 6.48 Å². The summed E-state index contributed by atoms with van der Waals surface area (Å²) in [5.41, 5.74) is 6.34. The van der Waals surface area contributed by atoms with Crippen molar-refractivity contribution in [2.45, 2.75) is 12.1 Å². The Morgan fingerprint density at radius 2 is 0.826 bits per heavy atom. The van der Waals surface area contributed by atoms with Gasteiger partial charge in [0.2, 0.25) is 0 Å². The van der Waals surface area contributed by atoms with Crippen molar-refractivity contribution in [3.05, 3.63) is 200 Å². The van der Waals surface area contributed by atoms with E-state index in [2.05, 4.69) is 204 Å². The fourth-order valence-corrected chi connectivity index (χ4v) is 6.87. The highest BCUT2D eigenvalue weighted by Gasteiger charge is 2.43. The van der Waals surface area contributed by atoms with Crippen molar-refractivity contribution in [3.8, 4) is 0 Å². The first kappa shape index (κ1) is 27.7. The second-order valence-corrected chi connectivity index (χ2v) is 11.8. The highest BCUT2D eigenvalue weighted by molar-refractivity contribution is 5.91. The second kappa shape index (κ2) is 11.9. The molecule has 0 unspecified atom stereocenters. The number of benzene rings is 7. The summed E-state index contributed by atoms with van der Waals surface area (Å²) in [7, 11) is 0. The zero-order chi connectivity index (χ0) is 30.8. The standard InChI is InChI=1S/C44H34N2/c1-4-14-34(15-5-1)37-28-30-44(31-29-37,45(40-20-6-2-7-21-40)42-26-24-35-16-10-12-18-38(35)32-42)46(41-22-8-3-9-23-41)43-27-25-36-17-11-13-19-39(36)33-43/h1-30,32-33H,31H2. The molecule has 0 atom stereocenters. The van der Waals surface area contributed by atoms with Gasteiger partial charge >= 0.3 is 0 Å². The van der Waals surface area contributed by atoms with Crippen LogP contribution in [-0.2, 0) is 0 Å². The zero-order valence-corrected chi connectivity index (χ0v) is 25.6. The van der Waals surface area contributed by atoms with Crippen LogP contribution in [-0.4, -0.2) is 5.66 Å². The van der Waals surface area contributed by atoms with Gasteiger partial charge in [-0.25, -0.2) is 0 Å². The molecule has 0 saturated heterocycles. The molecule has 0 radical (unpaired) electrons. The predicted molar refractivity (Wildman–Crippen MR) is 196 cm³/mol. The van der Waals surface area contributed by atoms with Gasteiger partial charge in [-0.15, -0.1) is 0 Å². The molecular formula is C44H34N2. The lowest BCUT2D eigenvalue weighted by atomic mass is 9.88. The quantitative estimate of drug-likeness (QED) is 0.170. The molecule has 0 saturated carbocycles. The molecule has 0 aromatic heterocycles. The molecule has 0 heterocycles. The fourth-order valence-electron chi connectivity index (χ4n) is 6.87. The summed E-state index contributed by atoms with van der Waals surface area (Å²) in [6.45, 7) is 0. The van der Waals surface area contributed by atoms with Gasteiger partial charge in [-0.05, 0) is 87.3 Å². The molecule has 7 aromatic carbocycles. The number of anilines is 4. The van der Waals surface area contributed by atoms with Gasteiger partial charge in [-0.3, -0.25) is 0 Å². The van der Waals surface area contributed by atoms with Crippen LogP contribution in [0.5, 0.6) is 0 Å². The number of hydrogen-bond donors (Lipinski definition) is 0. The van der Waals surface area contributed by atoms with Crippen LogP contribution in [0, 0.1) is 0 Å². The number of fused-ring (bicyclic) bond motifs is 2. The van der Waals surface area contributed by atoms with E-state index in [1.165, 1.54) is 32.7 Å². The highest BCUT2D eigenvalue weighted by Crippen LogP contribution is 2.48. The Hall–Kier alpha value is -5.86. The largest absolute Gasteiger partial charge is 0.314 e. The van der Waals surface area contributed by atoms with E-state index < -0.39 is 5.66 Å². The average Bonchev–Trinajstić information content (AvgIpc) is 3.13. The number of nitrogens with zero attached hydrogens (tertiary/aromatic N) is 2. The monoisotopic (exact) mass is 590 g/mol. The van der Waals surface area contributed by atoms with Crippen LogP contribution >= 0.6 is 0 Å². The molecule has 0 amide bonds. The highest BCUT2D eigenvalue weighted by atomic mass is 15.4. The van der Waals surface area contributed by atoms with Crippen LogP contribution in [0.25, 0.3) is 27.1 Å². The van der Waals surface area contributed by atoms with E-state index in [9.17, 15) is 0 Å². The van der Waals surface area contributed by atoms with Gasteiger partial charge in [0.25, 0.3) is 0 Å². The number of hydrogen-bond acceptors (Lipinski definition) is 2. The maximum absolute atomic E-state index is 2.52. The molecule has 1 aliphatic carbocycles. The van der Waals surface area contributed by atoms with Crippen molar-refractivity contribution < 1.29 is 0 Å². The maximum atomic E-state index is 2.52. The SMILES string of the molecule is C1=CC(N(c2ccccc2)c2ccc3ccccc3c2)(N(c2ccccc2)c2ccc3ccccc3c2)CC=C1c1ccccc1. The third-order valence-corrected chi connectivity index (χ3v) is 9.05. The second-order valence-electron chi connectivity index (χ2n) is 11.8. The first-order valence-corrected chi connectivity index (χ1v) is 15.9. The Morgan fingerprint density at radius 3 is 1.28 bits per heavy atom. The van der Waals surface area contributed by atoms with Crippen LogP contribution in [0.1, 0.15) is 12.0 Å². The molecule has 2 heteroatoms. The van der Waals surface area contributed by atoms with Crippen LogP contribution in [0.15, 0.2) is 194 Å². The number of para-hydroxylation sites is 2. The lowest BCUT2D eigenvalue weighted by Crippen LogP contribution is -2.57. The third-order valence-electron chi connectivity index (χ3n) is 9.05. The molecule has 8 rings (SSSR count). The normalized spacial score (nSPS) is 13.8. The predicted octanol–water partition coefficient (Wildman–Crippen LogP) is 11.7. The van der Waals surface area contributed by atoms with Crippen LogP contribution in [0.4, 0.5) is 22.7 Å². The Kier molecular flexibility index (Phi) is 7.16. The minimum Gasteiger partial charge on any atom is -0.314 e. The molecule has 0 bridgehead atoms. The van der Waals surface area contributed by atoms with Gasteiger partial charge in [0, 0.05) is 29.2 Å². The molecule has 0 N–H and O–H groups in total. The van der Waals surface area contributed by atoms with E-state index in [1.807, 2.05) is 0 Å². The van der Waals surface area contributed by atoms with E-state index in [0.29, 0.717) is 0 Å². The lowest BCUT2D eigenvalue weighted by Gasteiger charge is -2.52. The first-order chi connectivity index (χ1) is 22.8. The minimum atomic E-state index is -0.633. The average molecular weight is 591 g/mol. The van der Waals surface area contributed by atoms with Crippen LogP contribution < -0.4 is 9.80 Å². The number of allylic oxidation sites excluding steroid dienone is 2. The molecule has 7 aromatic rings. The Balaban J connectivity index is 1.41. The van der Waals surface area contributed by atoms with Gasteiger partial charge in [-0.1, -0.05) is 140 Å². The molecule has 46 heavy (non-hydrogen) atoms. The van der Waals surface area contributed by atoms with Crippen molar-refractivity contribution in [2.24, 2.45) is 0 Å². The molecule has 0 aliphatic heterocycles. The minimum absolute atomic E-state index is 0.633. The van der Waals surface area contributed by atoms with Crippen molar-refractivity contribution in [2.75, 3.05) is 9.80 Å². The van der Waals surface area contributed by atoms with E-state index in [1.54, 1.807) is 0 Å². The first-order valence-electron chi connectivity index (χ1n) is 15.9. The smallest absolute Gasteiger partial charge is 0.145 e. The van der Waals surface area contributed by atoms with E-state index in [-0.39, 0.29) is 0 Å².